The molecule has 1 fully saturated rings. The van der Waals surface area contributed by atoms with E-state index in [1.165, 1.54) is 19.3 Å². The quantitative estimate of drug-likeness (QED) is 0.803. The number of rotatable bonds is 3. The third kappa shape index (κ3) is 3.13. The molecule has 2 rings (SSSR count). The van der Waals surface area contributed by atoms with Gasteiger partial charge in [0, 0.05) is 24.4 Å². The monoisotopic (exact) mass is 229 g/mol. The highest BCUT2D eigenvalue weighted by Crippen LogP contribution is 2.19. The van der Waals surface area contributed by atoms with Crippen molar-refractivity contribution in [2.24, 2.45) is 0 Å². The Morgan fingerprint density at radius 1 is 1.18 bits per heavy atom. The van der Waals surface area contributed by atoms with Crippen molar-refractivity contribution in [3.63, 3.8) is 0 Å². The molecule has 2 nitrogen and oxygen atoms in total. The van der Waals surface area contributed by atoms with Crippen LogP contribution in [0.25, 0.3) is 6.08 Å². The zero-order valence-electron chi connectivity index (χ0n) is 10.1. The minimum absolute atomic E-state index is 0.315. The van der Waals surface area contributed by atoms with Gasteiger partial charge in [-0.05, 0) is 37.5 Å². The van der Waals surface area contributed by atoms with Gasteiger partial charge in [-0.15, -0.1) is 0 Å². The summed E-state index contributed by atoms with van der Waals surface area (Å²) in [5, 5.41) is 9.64. The molecule has 90 valence electrons. The van der Waals surface area contributed by atoms with E-state index in [4.69, 9.17) is 0 Å². The molecule has 0 aliphatic carbocycles. The smallest absolute Gasteiger partial charge is 0.122 e. The van der Waals surface area contributed by atoms with Crippen LogP contribution in [0.4, 0.5) is 0 Å². The van der Waals surface area contributed by atoms with Crippen molar-refractivity contribution in [3.8, 4) is 5.75 Å². The molecule has 1 heterocycles. The Kier molecular flexibility index (Phi) is 3.86. The van der Waals surface area contributed by atoms with Gasteiger partial charge in [0.1, 0.15) is 5.75 Å². The van der Waals surface area contributed by atoms with Gasteiger partial charge in [-0.1, -0.05) is 24.8 Å². The standard InChI is InChI=1S/C15H19NO/c1-13(16-11-5-2-6-12-16)9-10-14-7-3-4-8-15(14)17/h3-4,7-10,17H,1-2,5-6,11-12H2/b10-9+. The number of allylic oxidation sites excluding steroid dienone is 1. The van der Waals surface area contributed by atoms with Crippen LogP contribution in [-0.4, -0.2) is 23.1 Å². The molecule has 17 heavy (non-hydrogen) atoms. The van der Waals surface area contributed by atoms with E-state index < -0.39 is 0 Å². The fraction of sp³-hybridized carbons (Fsp3) is 0.333. The summed E-state index contributed by atoms with van der Waals surface area (Å²) in [6.45, 7) is 6.28. The van der Waals surface area contributed by atoms with Gasteiger partial charge >= 0.3 is 0 Å². The van der Waals surface area contributed by atoms with E-state index in [-0.39, 0.29) is 0 Å². The number of piperidine rings is 1. The van der Waals surface area contributed by atoms with E-state index in [0.717, 1.165) is 24.4 Å². The summed E-state index contributed by atoms with van der Waals surface area (Å²) in [6, 6.07) is 7.34. The van der Waals surface area contributed by atoms with Gasteiger partial charge in [-0.25, -0.2) is 0 Å². The van der Waals surface area contributed by atoms with Crippen LogP contribution in [0, 0.1) is 0 Å². The van der Waals surface area contributed by atoms with Gasteiger partial charge in [0.2, 0.25) is 0 Å². The number of phenolic OH excluding ortho intramolecular Hbond substituents is 1. The van der Waals surface area contributed by atoms with Crippen LogP contribution < -0.4 is 0 Å². The molecule has 1 aromatic carbocycles. The minimum atomic E-state index is 0.315. The van der Waals surface area contributed by atoms with Crippen LogP contribution in [0.2, 0.25) is 0 Å². The molecule has 0 radical (unpaired) electrons. The number of nitrogens with zero attached hydrogens (tertiary/aromatic N) is 1. The number of para-hydroxylation sites is 1. The molecule has 0 unspecified atom stereocenters. The molecule has 0 bridgehead atoms. The number of aromatic hydroxyl groups is 1. The van der Waals surface area contributed by atoms with Gasteiger partial charge in [0.25, 0.3) is 0 Å². The van der Waals surface area contributed by atoms with Gasteiger partial charge in [-0.2, -0.15) is 0 Å². The minimum Gasteiger partial charge on any atom is -0.507 e. The first-order valence-corrected chi connectivity index (χ1v) is 6.17. The molecule has 1 aliphatic rings. The van der Waals surface area contributed by atoms with E-state index in [1.54, 1.807) is 6.07 Å². The molecule has 0 saturated carbocycles. The fourth-order valence-corrected chi connectivity index (χ4v) is 2.10. The first-order chi connectivity index (χ1) is 8.27. The normalized spacial score (nSPS) is 16.4. The van der Waals surface area contributed by atoms with Crippen molar-refractivity contribution in [2.45, 2.75) is 19.3 Å². The molecule has 1 saturated heterocycles. The number of benzene rings is 1. The molecule has 0 atom stereocenters. The second kappa shape index (κ2) is 5.58. The molecule has 1 aromatic rings. The lowest BCUT2D eigenvalue weighted by Crippen LogP contribution is -2.27. The maximum Gasteiger partial charge on any atom is 0.122 e. The number of hydrogen-bond acceptors (Lipinski definition) is 2. The lowest BCUT2D eigenvalue weighted by Gasteiger charge is -2.28. The SMILES string of the molecule is C=C(/C=C/c1ccccc1O)N1CCCCC1. The lowest BCUT2D eigenvalue weighted by molar-refractivity contribution is 0.294. The predicted octanol–water partition coefficient (Wildman–Crippen LogP) is 3.41. The van der Waals surface area contributed by atoms with Crippen LogP contribution in [0.5, 0.6) is 5.75 Å². The number of likely N-dealkylation sites (tertiary alicyclic amines) is 1. The van der Waals surface area contributed by atoms with Crippen molar-refractivity contribution in [1.82, 2.24) is 4.90 Å². The van der Waals surface area contributed by atoms with Gasteiger partial charge in [0.15, 0.2) is 0 Å². The second-order valence-corrected chi connectivity index (χ2v) is 4.43. The van der Waals surface area contributed by atoms with Crippen LogP contribution in [0.1, 0.15) is 24.8 Å². The predicted molar refractivity (Wildman–Crippen MR) is 71.7 cm³/mol. The Balaban J connectivity index is 2.00. The highest BCUT2D eigenvalue weighted by atomic mass is 16.3. The summed E-state index contributed by atoms with van der Waals surface area (Å²) in [4.78, 5) is 2.31. The molecule has 0 amide bonds. The Morgan fingerprint density at radius 3 is 2.59 bits per heavy atom. The summed E-state index contributed by atoms with van der Waals surface area (Å²) >= 11 is 0. The highest BCUT2D eigenvalue weighted by Gasteiger charge is 2.09. The Labute approximate surface area is 103 Å². The van der Waals surface area contributed by atoms with E-state index in [2.05, 4.69) is 11.5 Å². The molecule has 0 aromatic heterocycles. The summed E-state index contributed by atoms with van der Waals surface area (Å²) in [6.07, 6.45) is 7.74. The van der Waals surface area contributed by atoms with Crippen molar-refractivity contribution >= 4 is 6.08 Å². The molecule has 1 N–H and O–H groups in total. The van der Waals surface area contributed by atoms with Gasteiger partial charge in [-0.3, -0.25) is 0 Å². The van der Waals surface area contributed by atoms with Gasteiger partial charge in [0.05, 0.1) is 0 Å². The largest absolute Gasteiger partial charge is 0.507 e. The topological polar surface area (TPSA) is 23.5 Å². The fourth-order valence-electron chi connectivity index (χ4n) is 2.10. The molecular formula is C15H19NO. The Morgan fingerprint density at radius 2 is 1.88 bits per heavy atom. The third-order valence-electron chi connectivity index (χ3n) is 3.15. The maximum atomic E-state index is 9.64. The summed E-state index contributed by atoms with van der Waals surface area (Å²) in [5.41, 5.74) is 1.87. The van der Waals surface area contributed by atoms with E-state index in [0.29, 0.717) is 5.75 Å². The zero-order chi connectivity index (χ0) is 12.1. The summed E-state index contributed by atoms with van der Waals surface area (Å²) < 4.78 is 0. The van der Waals surface area contributed by atoms with Gasteiger partial charge < -0.3 is 10.0 Å². The molecule has 0 spiro atoms. The van der Waals surface area contributed by atoms with Crippen molar-refractivity contribution < 1.29 is 5.11 Å². The van der Waals surface area contributed by atoms with Crippen LogP contribution in [0.15, 0.2) is 42.6 Å². The lowest BCUT2D eigenvalue weighted by atomic mass is 10.1. The van der Waals surface area contributed by atoms with Crippen LogP contribution >= 0.6 is 0 Å². The Hall–Kier alpha value is -1.70. The molecule has 2 heteroatoms. The average Bonchev–Trinajstić information content (AvgIpc) is 2.38. The summed E-state index contributed by atoms with van der Waals surface area (Å²) in [5.74, 6) is 0.315. The van der Waals surface area contributed by atoms with Crippen molar-refractivity contribution in [1.29, 1.82) is 0 Å². The third-order valence-corrected chi connectivity index (χ3v) is 3.15. The molecular weight excluding hydrogens is 210 g/mol. The van der Waals surface area contributed by atoms with Crippen LogP contribution in [0.3, 0.4) is 0 Å². The highest BCUT2D eigenvalue weighted by molar-refractivity contribution is 5.58. The number of hydrogen-bond donors (Lipinski definition) is 1. The zero-order valence-corrected chi connectivity index (χ0v) is 10.1. The van der Waals surface area contributed by atoms with E-state index in [1.807, 2.05) is 30.4 Å². The van der Waals surface area contributed by atoms with E-state index in [9.17, 15) is 5.11 Å². The number of phenols is 1. The summed E-state index contributed by atoms with van der Waals surface area (Å²) in [7, 11) is 0. The van der Waals surface area contributed by atoms with E-state index >= 15 is 0 Å². The second-order valence-electron chi connectivity index (χ2n) is 4.43. The maximum absolute atomic E-state index is 9.64. The van der Waals surface area contributed by atoms with Crippen molar-refractivity contribution in [2.75, 3.05) is 13.1 Å². The van der Waals surface area contributed by atoms with Crippen molar-refractivity contribution in [3.05, 3.63) is 48.2 Å². The average molecular weight is 229 g/mol. The Bertz CT molecular complexity index is 417. The first kappa shape index (κ1) is 11.8. The van der Waals surface area contributed by atoms with Crippen LogP contribution in [-0.2, 0) is 0 Å². The first-order valence-electron chi connectivity index (χ1n) is 6.17. The molecule has 1 aliphatic heterocycles.